The van der Waals surface area contributed by atoms with Crippen LogP contribution in [0.4, 0.5) is 0 Å². The number of rotatable bonds is 3. The number of benzene rings is 1. The number of carbonyl (C=O) groups is 1. The molecule has 0 aliphatic carbocycles. The first-order valence-electron chi connectivity index (χ1n) is 5.01. The fraction of sp³-hybridized carbons (Fsp3) is 0.250. The van der Waals surface area contributed by atoms with Gasteiger partial charge in [-0.25, -0.2) is 0 Å². The lowest BCUT2D eigenvalue weighted by Gasteiger charge is -2.08. The van der Waals surface area contributed by atoms with Gasteiger partial charge in [-0.05, 0) is 22.4 Å². The minimum atomic E-state index is -0.288. The Bertz CT molecular complexity index is 512. The van der Waals surface area contributed by atoms with Crippen molar-refractivity contribution in [2.75, 3.05) is 7.11 Å². The van der Waals surface area contributed by atoms with Gasteiger partial charge in [0.05, 0.1) is 13.5 Å². The SMILES string of the molecule is COC(=O)C[C@H](N)c1csc2ccccc12.Cl. The first kappa shape index (κ1) is 14.0. The maximum absolute atomic E-state index is 11.2. The number of esters is 1. The lowest BCUT2D eigenvalue weighted by Crippen LogP contribution is -2.15. The second-order valence-corrected chi connectivity index (χ2v) is 4.49. The van der Waals surface area contributed by atoms with Crippen LogP contribution in [-0.2, 0) is 9.53 Å². The zero-order valence-electron chi connectivity index (χ0n) is 9.38. The van der Waals surface area contributed by atoms with Gasteiger partial charge in [0.2, 0.25) is 0 Å². The van der Waals surface area contributed by atoms with Crippen LogP contribution in [0.3, 0.4) is 0 Å². The predicted octanol–water partition coefficient (Wildman–Crippen LogP) is 2.89. The molecule has 0 saturated carbocycles. The summed E-state index contributed by atoms with van der Waals surface area (Å²) in [6.07, 6.45) is 0.219. The highest BCUT2D eigenvalue weighted by molar-refractivity contribution is 7.17. The van der Waals surface area contributed by atoms with E-state index in [2.05, 4.69) is 4.74 Å². The minimum absolute atomic E-state index is 0. The third-order valence-electron chi connectivity index (χ3n) is 2.52. The Balaban J connectivity index is 0.00000144. The summed E-state index contributed by atoms with van der Waals surface area (Å²) in [6, 6.07) is 7.76. The normalized spacial score (nSPS) is 11.9. The molecular weight excluding hydrogens is 258 g/mol. The van der Waals surface area contributed by atoms with E-state index in [0.717, 1.165) is 10.9 Å². The molecule has 0 aliphatic rings. The van der Waals surface area contributed by atoms with Gasteiger partial charge in [-0.2, -0.15) is 0 Å². The third-order valence-corrected chi connectivity index (χ3v) is 3.51. The lowest BCUT2D eigenvalue weighted by atomic mass is 10.0. The Morgan fingerprint density at radius 2 is 2.18 bits per heavy atom. The summed E-state index contributed by atoms with van der Waals surface area (Å²) < 4.78 is 5.81. The molecule has 0 spiro atoms. The molecule has 92 valence electrons. The zero-order chi connectivity index (χ0) is 11.5. The van der Waals surface area contributed by atoms with Gasteiger partial charge in [0, 0.05) is 10.7 Å². The Labute approximate surface area is 110 Å². The van der Waals surface area contributed by atoms with Gasteiger partial charge in [-0.15, -0.1) is 23.7 Å². The number of nitrogens with two attached hydrogens (primary N) is 1. The summed E-state index contributed by atoms with van der Waals surface area (Å²) in [6.45, 7) is 0. The van der Waals surface area contributed by atoms with Crippen molar-refractivity contribution in [3.8, 4) is 0 Å². The average Bonchev–Trinajstić information content (AvgIpc) is 2.72. The molecule has 2 rings (SSSR count). The smallest absolute Gasteiger partial charge is 0.307 e. The monoisotopic (exact) mass is 271 g/mol. The largest absolute Gasteiger partial charge is 0.469 e. The quantitative estimate of drug-likeness (QED) is 0.874. The van der Waals surface area contributed by atoms with Crippen LogP contribution in [0.25, 0.3) is 10.1 Å². The number of hydrogen-bond donors (Lipinski definition) is 1. The minimum Gasteiger partial charge on any atom is -0.469 e. The number of carbonyl (C=O) groups excluding carboxylic acids is 1. The van der Waals surface area contributed by atoms with E-state index in [4.69, 9.17) is 5.73 Å². The molecule has 0 aliphatic heterocycles. The fourth-order valence-electron chi connectivity index (χ4n) is 1.66. The molecule has 17 heavy (non-hydrogen) atoms. The zero-order valence-corrected chi connectivity index (χ0v) is 11.0. The van der Waals surface area contributed by atoms with Gasteiger partial charge in [0.25, 0.3) is 0 Å². The van der Waals surface area contributed by atoms with Gasteiger partial charge in [-0.1, -0.05) is 18.2 Å². The standard InChI is InChI=1S/C12H13NO2S.ClH/c1-15-12(14)6-10(13)9-7-16-11-5-3-2-4-8(9)11;/h2-5,7,10H,6,13H2,1H3;1H/t10-;/m0./s1. The van der Waals surface area contributed by atoms with Crippen molar-refractivity contribution in [3.05, 3.63) is 35.2 Å². The second kappa shape index (κ2) is 6.00. The van der Waals surface area contributed by atoms with E-state index in [1.54, 1.807) is 11.3 Å². The third kappa shape index (κ3) is 2.97. The first-order valence-corrected chi connectivity index (χ1v) is 5.89. The summed E-state index contributed by atoms with van der Waals surface area (Å²) in [5.74, 6) is -0.275. The van der Waals surface area contributed by atoms with Crippen LogP contribution in [-0.4, -0.2) is 13.1 Å². The molecular formula is C12H14ClNO2S. The average molecular weight is 272 g/mol. The topological polar surface area (TPSA) is 52.3 Å². The number of halogens is 1. The van der Waals surface area contributed by atoms with Crippen LogP contribution in [0.2, 0.25) is 0 Å². The Morgan fingerprint density at radius 1 is 1.47 bits per heavy atom. The van der Waals surface area contributed by atoms with E-state index in [-0.39, 0.29) is 30.8 Å². The summed E-state index contributed by atoms with van der Waals surface area (Å²) in [7, 11) is 1.38. The summed E-state index contributed by atoms with van der Waals surface area (Å²) in [5.41, 5.74) is 7.01. The van der Waals surface area contributed by atoms with E-state index >= 15 is 0 Å². The predicted molar refractivity (Wildman–Crippen MR) is 72.6 cm³/mol. The summed E-state index contributed by atoms with van der Waals surface area (Å²) >= 11 is 1.64. The van der Waals surface area contributed by atoms with E-state index < -0.39 is 0 Å². The number of fused-ring (bicyclic) bond motifs is 1. The van der Waals surface area contributed by atoms with Crippen molar-refractivity contribution in [3.63, 3.8) is 0 Å². The van der Waals surface area contributed by atoms with Gasteiger partial charge in [0.15, 0.2) is 0 Å². The first-order chi connectivity index (χ1) is 7.72. The second-order valence-electron chi connectivity index (χ2n) is 3.57. The van der Waals surface area contributed by atoms with Crippen molar-refractivity contribution in [2.24, 2.45) is 5.73 Å². The molecule has 1 atom stereocenters. The maximum atomic E-state index is 11.2. The highest BCUT2D eigenvalue weighted by Gasteiger charge is 2.15. The molecule has 5 heteroatoms. The van der Waals surface area contributed by atoms with Crippen LogP contribution < -0.4 is 5.73 Å². The molecule has 0 fully saturated rings. The Morgan fingerprint density at radius 3 is 2.88 bits per heavy atom. The van der Waals surface area contributed by atoms with Crippen LogP contribution >= 0.6 is 23.7 Å². The molecule has 0 amide bonds. The highest BCUT2D eigenvalue weighted by Crippen LogP contribution is 2.30. The van der Waals surface area contributed by atoms with Crippen LogP contribution in [0.15, 0.2) is 29.6 Å². The van der Waals surface area contributed by atoms with E-state index in [1.807, 2.05) is 29.6 Å². The van der Waals surface area contributed by atoms with Crippen molar-refractivity contribution >= 4 is 39.8 Å². The molecule has 0 saturated heterocycles. The van der Waals surface area contributed by atoms with Crippen LogP contribution in [0, 0.1) is 0 Å². The number of thiophene rings is 1. The van der Waals surface area contributed by atoms with Gasteiger partial charge >= 0.3 is 5.97 Å². The van der Waals surface area contributed by atoms with Gasteiger partial charge < -0.3 is 10.5 Å². The van der Waals surface area contributed by atoms with Crippen molar-refractivity contribution in [1.82, 2.24) is 0 Å². The molecule has 0 radical (unpaired) electrons. The van der Waals surface area contributed by atoms with Crippen molar-refractivity contribution < 1.29 is 9.53 Å². The van der Waals surface area contributed by atoms with Crippen LogP contribution in [0.1, 0.15) is 18.0 Å². The Kier molecular flexibility index (Phi) is 4.93. The molecule has 1 aromatic carbocycles. The van der Waals surface area contributed by atoms with Crippen molar-refractivity contribution in [2.45, 2.75) is 12.5 Å². The maximum Gasteiger partial charge on any atom is 0.307 e. The van der Waals surface area contributed by atoms with E-state index in [1.165, 1.54) is 11.8 Å². The summed E-state index contributed by atoms with van der Waals surface area (Å²) in [5, 5.41) is 3.14. The molecule has 0 unspecified atom stereocenters. The molecule has 1 aromatic heterocycles. The van der Waals surface area contributed by atoms with Crippen LogP contribution in [0.5, 0.6) is 0 Å². The summed E-state index contributed by atoms with van der Waals surface area (Å²) in [4.78, 5) is 11.2. The molecule has 2 aromatic rings. The lowest BCUT2D eigenvalue weighted by molar-refractivity contribution is -0.141. The molecule has 3 nitrogen and oxygen atoms in total. The number of hydrogen-bond acceptors (Lipinski definition) is 4. The number of methoxy groups -OCH3 is 1. The van der Waals surface area contributed by atoms with E-state index in [0.29, 0.717) is 0 Å². The molecule has 0 bridgehead atoms. The van der Waals surface area contributed by atoms with Crippen molar-refractivity contribution in [1.29, 1.82) is 0 Å². The number of ether oxygens (including phenoxy) is 1. The fourth-order valence-corrected chi connectivity index (χ4v) is 2.68. The highest BCUT2D eigenvalue weighted by atomic mass is 35.5. The van der Waals surface area contributed by atoms with Gasteiger partial charge in [-0.3, -0.25) is 4.79 Å². The van der Waals surface area contributed by atoms with Gasteiger partial charge in [0.1, 0.15) is 0 Å². The Hall–Kier alpha value is -1.10. The molecule has 1 heterocycles. The molecule has 2 N–H and O–H groups in total. The van der Waals surface area contributed by atoms with E-state index in [9.17, 15) is 4.79 Å².